The van der Waals surface area contributed by atoms with Gasteiger partial charge >= 0.3 is 0 Å². The van der Waals surface area contributed by atoms with Gasteiger partial charge in [0, 0.05) is 5.92 Å². The van der Waals surface area contributed by atoms with E-state index in [2.05, 4.69) is 12.1 Å². The summed E-state index contributed by atoms with van der Waals surface area (Å²) in [6.07, 6.45) is 4.25. The fourth-order valence-corrected chi connectivity index (χ4v) is 2.34. The summed E-state index contributed by atoms with van der Waals surface area (Å²) in [5.74, 6) is 1.71. The van der Waals surface area contributed by atoms with Crippen molar-refractivity contribution in [3.05, 3.63) is 29.8 Å². The molecule has 1 aromatic rings. The molecule has 1 aliphatic rings. The van der Waals surface area contributed by atoms with Gasteiger partial charge in [-0.25, -0.2) is 0 Å². The summed E-state index contributed by atoms with van der Waals surface area (Å²) in [6, 6.07) is 8.18. The average molecular weight is 204 g/mol. The molecule has 0 saturated heterocycles. The van der Waals surface area contributed by atoms with Crippen LogP contribution in [0.25, 0.3) is 0 Å². The van der Waals surface area contributed by atoms with Crippen LogP contribution >= 0.6 is 0 Å². The second kappa shape index (κ2) is 4.47. The van der Waals surface area contributed by atoms with Crippen LogP contribution in [-0.4, -0.2) is 13.4 Å². The van der Waals surface area contributed by atoms with Crippen molar-refractivity contribution < 1.29 is 9.53 Å². The van der Waals surface area contributed by atoms with E-state index >= 15 is 0 Å². The fourth-order valence-electron chi connectivity index (χ4n) is 2.34. The van der Waals surface area contributed by atoms with Gasteiger partial charge in [0.25, 0.3) is 0 Å². The van der Waals surface area contributed by atoms with Gasteiger partial charge < -0.3 is 9.53 Å². The summed E-state index contributed by atoms with van der Waals surface area (Å²) >= 11 is 0. The highest BCUT2D eigenvalue weighted by Crippen LogP contribution is 2.38. The van der Waals surface area contributed by atoms with Crippen molar-refractivity contribution in [1.29, 1.82) is 0 Å². The van der Waals surface area contributed by atoms with E-state index in [1.165, 1.54) is 5.56 Å². The lowest BCUT2D eigenvalue weighted by atomic mass is 9.96. The number of hydrogen-bond donors (Lipinski definition) is 0. The van der Waals surface area contributed by atoms with Crippen LogP contribution in [0.5, 0.6) is 5.75 Å². The smallest absolute Gasteiger partial charge is 0.123 e. The summed E-state index contributed by atoms with van der Waals surface area (Å²) in [7, 11) is 1.68. The first-order chi connectivity index (χ1) is 7.33. The number of methoxy groups -OCH3 is 1. The van der Waals surface area contributed by atoms with E-state index in [4.69, 9.17) is 4.74 Å². The molecule has 0 heterocycles. The minimum absolute atomic E-state index is 0.265. The molecule has 0 bridgehead atoms. The van der Waals surface area contributed by atoms with Crippen molar-refractivity contribution in [3.8, 4) is 5.75 Å². The van der Waals surface area contributed by atoms with Gasteiger partial charge in [0.1, 0.15) is 12.0 Å². The highest BCUT2D eigenvalue weighted by atomic mass is 16.5. The number of carbonyl (C=O) groups is 1. The van der Waals surface area contributed by atoms with Crippen molar-refractivity contribution in [2.75, 3.05) is 7.11 Å². The van der Waals surface area contributed by atoms with E-state index in [9.17, 15) is 4.79 Å². The van der Waals surface area contributed by atoms with E-state index in [-0.39, 0.29) is 5.92 Å². The highest BCUT2D eigenvalue weighted by molar-refractivity contribution is 5.54. The Bertz CT molecular complexity index is 346. The molecule has 0 amide bonds. The maximum Gasteiger partial charge on any atom is 0.123 e. The molecule has 0 unspecified atom stereocenters. The molecule has 2 nitrogen and oxygen atoms in total. The lowest BCUT2D eigenvalue weighted by molar-refractivity contribution is -0.110. The molecule has 0 N–H and O–H groups in total. The zero-order valence-corrected chi connectivity index (χ0v) is 8.98. The Morgan fingerprint density at radius 3 is 2.93 bits per heavy atom. The van der Waals surface area contributed by atoms with E-state index < -0.39 is 0 Å². The largest absolute Gasteiger partial charge is 0.497 e. The molecule has 2 rings (SSSR count). The summed E-state index contributed by atoms with van der Waals surface area (Å²) in [5, 5.41) is 0. The molecule has 2 atom stereocenters. The molecule has 0 radical (unpaired) electrons. The average Bonchev–Trinajstić information content (AvgIpc) is 2.78. The molecule has 80 valence electrons. The van der Waals surface area contributed by atoms with Gasteiger partial charge in [-0.1, -0.05) is 12.1 Å². The van der Waals surface area contributed by atoms with Gasteiger partial charge in [-0.2, -0.15) is 0 Å². The minimum atomic E-state index is 0.265. The van der Waals surface area contributed by atoms with Crippen LogP contribution in [0.3, 0.4) is 0 Å². The molecule has 0 spiro atoms. The lowest BCUT2D eigenvalue weighted by Crippen LogP contribution is -1.97. The monoisotopic (exact) mass is 204 g/mol. The predicted octanol–water partition coefficient (Wildman–Crippen LogP) is 2.78. The normalized spacial score (nSPS) is 25.1. The number of aldehydes is 1. The second-order valence-corrected chi connectivity index (χ2v) is 4.18. The van der Waals surface area contributed by atoms with Crippen LogP contribution in [0.2, 0.25) is 0 Å². The van der Waals surface area contributed by atoms with Crippen molar-refractivity contribution in [2.45, 2.75) is 25.2 Å². The number of carbonyl (C=O) groups excluding carboxylic acids is 1. The van der Waals surface area contributed by atoms with E-state index in [0.29, 0.717) is 5.92 Å². The number of hydrogen-bond acceptors (Lipinski definition) is 2. The van der Waals surface area contributed by atoms with Crippen LogP contribution in [0, 0.1) is 5.92 Å². The van der Waals surface area contributed by atoms with Crippen molar-refractivity contribution in [2.24, 2.45) is 5.92 Å². The first-order valence-electron chi connectivity index (χ1n) is 5.42. The number of benzene rings is 1. The Labute approximate surface area is 90.3 Å². The molecule has 1 aromatic carbocycles. The van der Waals surface area contributed by atoms with Gasteiger partial charge in [0.15, 0.2) is 0 Å². The van der Waals surface area contributed by atoms with Crippen LogP contribution < -0.4 is 4.74 Å². The highest BCUT2D eigenvalue weighted by Gasteiger charge is 2.25. The summed E-state index contributed by atoms with van der Waals surface area (Å²) < 4.78 is 5.20. The quantitative estimate of drug-likeness (QED) is 0.708. The van der Waals surface area contributed by atoms with Gasteiger partial charge in [0.2, 0.25) is 0 Å². The fraction of sp³-hybridized carbons (Fsp3) is 0.462. The SMILES string of the molecule is COc1cccc([C@@H]2CC[C@@H](C=O)C2)c1. The molecule has 0 aromatic heterocycles. The summed E-state index contributed by atoms with van der Waals surface area (Å²) in [4.78, 5) is 10.7. The van der Waals surface area contributed by atoms with Gasteiger partial charge in [0.05, 0.1) is 7.11 Å². The van der Waals surface area contributed by atoms with Crippen molar-refractivity contribution in [1.82, 2.24) is 0 Å². The van der Waals surface area contributed by atoms with Crippen LogP contribution in [0.15, 0.2) is 24.3 Å². The summed E-state index contributed by atoms with van der Waals surface area (Å²) in [5.41, 5.74) is 1.30. The zero-order chi connectivity index (χ0) is 10.7. The summed E-state index contributed by atoms with van der Waals surface area (Å²) in [6.45, 7) is 0. The van der Waals surface area contributed by atoms with Crippen LogP contribution in [0.1, 0.15) is 30.7 Å². The standard InChI is InChI=1S/C13H16O2/c1-15-13-4-2-3-11(8-13)12-6-5-10(7-12)9-14/h2-4,8-10,12H,5-7H2,1H3/t10-,12-/m1/s1. The first kappa shape index (κ1) is 10.2. The first-order valence-corrected chi connectivity index (χ1v) is 5.42. The molecule has 1 saturated carbocycles. The molecule has 0 aliphatic heterocycles. The predicted molar refractivity (Wildman–Crippen MR) is 59.1 cm³/mol. The Hall–Kier alpha value is -1.31. The number of ether oxygens (including phenoxy) is 1. The van der Waals surface area contributed by atoms with Crippen LogP contribution in [0.4, 0.5) is 0 Å². The Morgan fingerprint density at radius 2 is 2.27 bits per heavy atom. The molecular formula is C13H16O2. The van der Waals surface area contributed by atoms with Crippen molar-refractivity contribution in [3.63, 3.8) is 0 Å². The zero-order valence-electron chi connectivity index (χ0n) is 8.98. The van der Waals surface area contributed by atoms with E-state index in [1.807, 2.05) is 12.1 Å². The maximum atomic E-state index is 10.7. The molecular weight excluding hydrogens is 188 g/mol. The molecule has 2 heteroatoms. The molecule has 1 aliphatic carbocycles. The maximum absolute atomic E-state index is 10.7. The number of rotatable bonds is 3. The van der Waals surface area contributed by atoms with Gasteiger partial charge in [-0.3, -0.25) is 0 Å². The Kier molecular flexibility index (Phi) is 3.05. The van der Waals surface area contributed by atoms with E-state index in [0.717, 1.165) is 31.3 Å². The third-order valence-electron chi connectivity index (χ3n) is 3.23. The third kappa shape index (κ3) is 2.20. The van der Waals surface area contributed by atoms with Gasteiger partial charge in [-0.15, -0.1) is 0 Å². The van der Waals surface area contributed by atoms with E-state index in [1.54, 1.807) is 7.11 Å². The molecule has 1 fully saturated rings. The minimum Gasteiger partial charge on any atom is -0.497 e. The van der Waals surface area contributed by atoms with Crippen LogP contribution in [-0.2, 0) is 4.79 Å². The lowest BCUT2D eigenvalue weighted by Gasteiger charge is -2.10. The van der Waals surface area contributed by atoms with Gasteiger partial charge in [-0.05, 0) is 42.9 Å². The van der Waals surface area contributed by atoms with Crippen molar-refractivity contribution >= 4 is 6.29 Å². The second-order valence-electron chi connectivity index (χ2n) is 4.18. The Balaban J connectivity index is 2.12. The third-order valence-corrected chi connectivity index (χ3v) is 3.23. The topological polar surface area (TPSA) is 26.3 Å². The Morgan fingerprint density at radius 1 is 1.40 bits per heavy atom. The molecule has 15 heavy (non-hydrogen) atoms.